The van der Waals surface area contributed by atoms with E-state index < -0.39 is 0 Å². The van der Waals surface area contributed by atoms with Crippen molar-refractivity contribution in [1.29, 1.82) is 0 Å². The van der Waals surface area contributed by atoms with Crippen molar-refractivity contribution in [3.8, 4) is 0 Å². The Morgan fingerprint density at radius 3 is 2.69 bits per heavy atom. The second-order valence-electron chi connectivity index (χ2n) is 4.71. The minimum Gasteiger partial charge on any atom is -0.327 e. The highest BCUT2D eigenvalue weighted by Gasteiger charge is 2.47. The first-order valence-corrected chi connectivity index (χ1v) is 5.68. The van der Waals surface area contributed by atoms with Crippen molar-refractivity contribution in [3.05, 3.63) is 29.8 Å². The van der Waals surface area contributed by atoms with Crippen LogP contribution in [-0.4, -0.2) is 11.9 Å². The van der Waals surface area contributed by atoms with Crippen LogP contribution < -0.4 is 11.1 Å². The summed E-state index contributed by atoms with van der Waals surface area (Å²) < 4.78 is 0. The van der Waals surface area contributed by atoms with Crippen LogP contribution in [0.25, 0.3) is 0 Å². The fraction of sp³-hybridized carbons (Fsp3) is 0.462. The highest BCUT2D eigenvalue weighted by Crippen LogP contribution is 2.50. The lowest BCUT2D eigenvalue weighted by atomic mass is 9.89. The molecule has 2 rings (SSSR count). The van der Waals surface area contributed by atoms with E-state index in [1.807, 2.05) is 18.2 Å². The number of carbonyl (C=O) groups is 1. The molecule has 1 fully saturated rings. The number of nitrogens with one attached hydrogen (secondary N) is 1. The molecule has 1 aromatic rings. The van der Waals surface area contributed by atoms with E-state index in [0.29, 0.717) is 0 Å². The van der Waals surface area contributed by atoms with E-state index in [-0.39, 0.29) is 17.4 Å². The smallest absolute Gasteiger partial charge is 0.221 e. The molecular formula is C13H18N2O. The molecule has 16 heavy (non-hydrogen) atoms. The number of anilines is 1. The number of nitrogens with two attached hydrogens (primary N) is 1. The Morgan fingerprint density at radius 1 is 1.50 bits per heavy atom. The second kappa shape index (κ2) is 3.91. The summed E-state index contributed by atoms with van der Waals surface area (Å²) in [5, 5.41) is 2.80. The van der Waals surface area contributed by atoms with E-state index in [4.69, 9.17) is 5.73 Å². The number of hydrogen-bond donors (Lipinski definition) is 2. The maximum atomic E-state index is 11.0. The minimum absolute atomic E-state index is 0.0391. The second-order valence-corrected chi connectivity index (χ2v) is 4.71. The topological polar surface area (TPSA) is 55.1 Å². The third-order valence-corrected chi connectivity index (χ3v) is 3.42. The number of benzene rings is 1. The molecule has 3 N–H and O–H groups in total. The van der Waals surface area contributed by atoms with Crippen molar-refractivity contribution < 1.29 is 4.79 Å². The van der Waals surface area contributed by atoms with Crippen LogP contribution in [-0.2, 0) is 10.2 Å². The van der Waals surface area contributed by atoms with Crippen LogP contribution in [0.2, 0.25) is 0 Å². The maximum absolute atomic E-state index is 11.0. The molecule has 1 aromatic carbocycles. The third kappa shape index (κ3) is 1.95. The van der Waals surface area contributed by atoms with Crippen LogP contribution in [0.1, 0.15) is 32.3 Å². The van der Waals surface area contributed by atoms with Gasteiger partial charge in [0.2, 0.25) is 5.91 Å². The van der Waals surface area contributed by atoms with Crippen LogP contribution in [0.3, 0.4) is 0 Å². The van der Waals surface area contributed by atoms with Crippen LogP contribution in [0.15, 0.2) is 24.3 Å². The predicted octanol–water partition coefficient (Wildman–Crippen LogP) is 2.02. The van der Waals surface area contributed by atoms with Gasteiger partial charge in [-0.3, -0.25) is 4.79 Å². The molecular weight excluding hydrogens is 200 g/mol. The van der Waals surface area contributed by atoms with Crippen molar-refractivity contribution in [1.82, 2.24) is 0 Å². The van der Waals surface area contributed by atoms with E-state index in [0.717, 1.165) is 18.5 Å². The van der Waals surface area contributed by atoms with Gasteiger partial charge in [-0.1, -0.05) is 12.1 Å². The zero-order valence-electron chi connectivity index (χ0n) is 9.79. The van der Waals surface area contributed by atoms with Gasteiger partial charge in [0.05, 0.1) is 0 Å². The highest BCUT2D eigenvalue weighted by molar-refractivity contribution is 5.88. The van der Waals surface area contributed by atoms with Crippen molar-refractivity contribution >= 4 is 11.6 Å². The highest BCUT2D eigenvalue weighted by atomic mass is 16.1. The molecule has 0 aromatic heterocycles. The van der Waals surface area contributed by atoms with Crippen molar-refractivity contribution in [2.75, 3.05) is 5.32 Å². The van der Waals surface area contributed by atoms with Crippen molar-refractivity contribution in [2.24, 2.45) is 5.73 Å². The Balaban J connectivity index is 2.26. The van der Waals surface area contributed by atoms with E-state index >= 15 is 0 Å². The molecule has 1 unspecified atom stereocenters. The molecule has 1 saturated carbocycles. The summed E-state index contributed by atoms with van der Waals surface area (Å²) in [6.07, 6.45) is 2.29. The molecule has 1 atom stereocenters. The number of hydrogen-bond acceptors (Lipinski definition) is 2. The molecule has 1 aliphatic rings. The molecule has 0 saturated heterocycles. The Hall–Kier alpha value is -1.35. The van der Waals surface area contributed by atoms with Gasteiger partial charge in [-0.15, -0.1) is 0 Å². The zero-order valence-corrected chi connectivity index (χ0v) is 9.79. The first kappa shape index (κ1) is 11.1. The molecule has 1 aliphatic carbocycles. The molecule has 1 amide bonds. The van der Waals surface area contributed by atoms with Crippen LogP contribution >= 0.6 is 0 Å². The average Bonchev–Trinajstić information content (AvgIpc) is 2.97. The first-order valence-electron chi connectivity index (χ1n) is 5.68. The lowest BCUT2D eigenvalue weighted by Crippen LogP contribution is -2.31. The Labute approximate surface area is 96.0 Å². The third-order valence-electron chi connectivity index (χ3n) is 3.42. The number of rotatable bonds is 3. The summed E-state index contributed by atoms with van der Waals surface area (Å²) >= 11 is 0. The molecule has 0 spiro atoms. The summed E-state index contributed by atoms with van der Waals surface area (Å²) in [7, 11) is 0. The molecule has 3 nitrogen and oxygen atoms in total. The standard InChI is InChI=1S/C13H18N2O/c1-9(14)13(6-7-13)11-4-3-5-12(8-11)15-10(2)16/h3-5,8-9H,6-7,14H2,1-2H3,(H,15,16). The maximum Gasteiger partial charge on any atom is 0.221 e. The molecule has 0 bridgehead atoms. The lowest BCUT2D eigenvalue weighted by molar-refractivity contribution is -0.114. The monoisotopic (exact) mass is 218 g/mol. The van der Waals surface area contributed by atoms with Gasteiger partial charge in [0.25, 0.3) is 0 Å². The van der Waals surface area contributed by atoms with Gasteiger partial charge in [-0.25, -0.2) is 0 Å². The summed E-state index contributed by atoms with van der Waals surface area (Å²) in [4.78, 5) is 11.0. The summed E-state index contributed by atoms with van der Waals surface area (Å²) in [6, 6.07) is 8.19. The molecule has 3 heteroatoms. The van der Waals surface area contributed by atoms with Crippen LogP contribution in [0.4, 0.5) is 5.69 Å². The fourth-order valence-corrected chi connectivity index (χ4v) is 2.25. The van der Waals surface area contributed by atoms with Gasteiger partial charge in [-0.2, -0.15) is 0 Å². The fourth-order valence-electron chi connectivity index (χ4n) is 2.25. The molecule has 0 radical (unpaired) electrons. The van der Waals surface area contributed by atoms with E-state index in [1.165, 1.54) is 12.5 Å². The summed E-state index contributed by atoms with van der Waals surface area (Å²) in [6.45, 7) is 3.57. The van der Waals surface area contributed by atoms with Crippen molar-refractivity contribution in [2.45, 2.75) is 38.1 Å². The van der Waals surface area contributed by atoms with Gasteiger partial charge >= 0.3 is 0 Å². The Kier molecular flexibility index (Phi) is 2.72. The van der Waals surface area contributed by atoms with E-state index in [2.05, 4.69) is 18.3 Å². The van der Waals surface area contributed by atoms with Crippen LogP contribution in [0, 0.1) is 0 Å². The lowest BCUT2D eigenvalue weighted by Gasteiger charge is -2.20. The van der Waals surface area contributed by atoms with Gasteiger partial charge in [-0.05, 0) is 37.5 Å². The Bertz CT molecular complexity index is 408. The van der Waals surface area contributed by atoms with Gasteiger partial charge in [0.1, 0.15) is 0 Å². The van der Waals surface area contributed by atoms with Crippen LogP contribution in [0.5, 0.6) is 0 Å². The minimum atomic E-state index is -0.0391. The predicted molar refractivity (Wildman–Crippen MR) is 65.3 cm³/mol. The summed E-state index contributed by atoms with van der Waals surface area (Å²) in [5.41, 5.74) is 8.28. The molecule has 0 aliphatic heterocycles. The SMILES string of the molecule is CC(=O)Nc1cccc(C2(C(C)N)CC2)c1. The number of amides is 1. The molecule has 0 heterocycles. The largest absolute Gasteiger partial charge is 0.327 e. The summed E-state index contributed by atoms with van der Waals surface area (Å²) in [5.74, 6) is -0.0391. The zero-order chi connectivity index (χ0) is 11.8. The van der Waals surface area contributed by atoms with Gasteiger partial charge < -0.3 is 11.1 Å². The quantitative estimate of drug-likeness (QED) is 0.815. The first-order chi connectivity index (χ1) is 7.54. The molecule has 86 valence electrons. The van der Waals surface area contributed by atoms with Crippen molar-refractivity contribution in [3.63, 3.8) is 0 Å². The Morgan fingerprint density at radius 2 is 2.19 bits per heavy atom. The van der Waals surface area contributed by atoms with Gasteiger partial charge in [0.15, 0.2) is 0 Å². The number of carbonyl (C=O) groups excluding carboxylic acids is 1. The van der Waals surface area contributed by atoms with E-state index in [1.54, 1.807) is 0 Å². The average molecular weight is 218 g/mol. The normalized spacial score (nSPS) is 18.9. The van der Waals surface area contributed by atoms with E-state index in [9.17, 15) is 4.79 Å². The van der Waals surface area contributed by atoms with Gasteiger partial charge in [0, 0.05) is 24.1 Å².